The largest absolute Gasteiger partial charge is 0.508 e. The summed E-state index contributed by atoms with van der Waals surface area (Å²) in [5, 5.41) is 21.5. The molecule has 0 saturated carbocycles. The Labute approximate surface area is 115 Å². The van der Waals surface area contributed by atoms with Gasteiger partial charge in [0, 0.05) is 11.0 Å². The molecule has 3 aromatic carbocycles. The van der Waals surface area contributed by atoms with Crippen molar-refractivity contribution in [2.24, 2.45) is 0 Å². The molecule has 2 N–H and O–H groups in total. The van der Waals surface area contributed by atoms with Crippen LogP contribution in [0.5, 0.6) is 11.5 Å². The Morgan fingerprint density at radius 1 is 0.737 bits per heavy atom. The van der Waals surface area contributed by atoms with Crippen LogP contribution < -0.4 is 0 Å². The lowest BCUT2D eigenvalue weighted by atomic mass is 10.1. The van der Waals surface area contributed by atoms with Crippen molar-refractivity contribution in [3.8, 4) is 11.5 Å². The lowest BCUT2D eigenvalue weighted by molar-refractivity contribution is 0.442. The number of phenols is 2. The van der Waals surface area contributed by atoms with Gasteiger partial charge in [0.25, 0.3) is 0 Å². The summed E-state index contributed by atoms with van der Waals surface area (Å²) in [5.41, 5.74) is 0. The molecule has 0 fully saturated rings. The molecule has 0 unspecified atom stereocenters. The fraction of sp³-hybridized carbons (Fsp3) is 0. The maximum Gasteiger partial charge on any atom is 0.133 e. The lowest BCUT2D eigenvalue weighted by Crippen LogP contribution is -1.79. The van der Waals surface area contributed by atoms with E-state index in [1.165, 1.54) is 23.2 Å². The molecule has 0 heterocycles. The van der Waals surface area contributed by atoms with E-state index >= 15 is 0 Å². The highest BCUT2D eigenvalue weighted by atomic mass is 32.2. The molecule has 94 valence electrons. The molecule has 0 radical (unpaired) electrons. The first kappa shape index (κ1) is 11.9. The fourth-order valence-corrected chi connectivity index (χ4v) is 2.97. The summed E-state index contributed by atoms with van der Waals surface area (Å²) >= 11 is 1.49. The van der Waals surface area contributed by atoms with Crippen LogP contribution in [0.15, 0.2) is 70.5 Å². The van der Waals surface area contributed by atoms with Crippen LogP contribution in [0.25, 0.3) is 10.8 Å². The van der Waals surface area contributed by atoms with Gasteiger partial charge in [-0.3, -0.25) is 0 Å². The van der Waals surface area contributed by atoms with Crippen LogP contribution in [0, 0.1) is 0 Å². The molecule has 0 spiro atoms. The van der Waals surface area contributed by atoms with E-state index in [1.807, 2.05) is 24.3 Å². The predicted molar refractivity (Wildman–Crippen MR) is 77.8 cm³/mol. The molecule has 0 saturated heterocycles. The third kappa shape index (κ3) is 2.37. The smallest absolute Gasteiger partial charge is 0.133 e. The van der Waals surface area contributed by atoms with Gasteiger partial charge in [0.15, 0.2) is 0 Å². The Morgan fingerprint density at radius 2 is 1.53 bits per heavy atom. The van der Waals surface area contributed by atoms with Gasteiger partial charge in [-0.2, -0.15) is 0 Å². The van der Waals surface area contributed by atoms with Crippen molar-refractivity contribution in [3.05, 3.63) is 60.7 Å². The average molecular weight is 268 g/mol. The number of fused-ring (bicyclic) bond motifs is 1. The van der Waals surface area contributed by atoms with Gasteiger partial charge in [0.2, 0.25) is 0 Å². The van der Waals surface area contributed by atoms with Gasteiger partial charge in [0.05, 0.1) is 4.90 Å². The SMILES string of the molecule is Oc1ccc(Sc2cccc3ccccc23)c(O)c1. The Balaban J connectivity index is 2.06. The van der Waals surface area contributed by atoms with E-state index in [-0.39, 0.29) is 11.5 Å². The second-order valence-electron chi connectivity index (χ2n) is 4.23. The first-order valence-electron chi connectivity index (χ1n) is 5.91. The number of benzene rings is 3. The predicted octanol–water partition coefficient (Wildman–Crippen LogP) is 4.40. The van der Waals surface area contributed by atoms with Crippen molar-refractivity contribution in [2.75, 3.05) is 0 Å². The summed E-state index contributed by atoms with van der Waals surface area (Å²) in [6, 6.07) is 18.9. The van der Waals surface area contributed by atoms with E-state index < -0.39 is 0 Å². The number of phenolic OH excluding ortho intramolecular Hbond substituents is 2. The highest BCUT2D eigenvalue weighted by molar-refractivity contribution is 7.99. The average Bonchev–Trinajstić information content (AvgIpc) is 2.42. The molecule has 2 nitrogen and oxygen atoms in total. The molecule has 0 aliphatic rings. The number of rotatable bonds is 2. The number of hydrogen-bond acceptors (Lipinski definition) is 3. The van der Waals surface area contributed by atoms with E-state index in [2.05, 4.69) is 18.2 Å². The molecule has 0 aliphatic carbocycles. The summed E-state index contributed by atoms with van der Waals surface area (Å²) in [7, 11) is 0. The molecule has 3 aromatic rings. The van der Waals surface area contributed by atoms with Gasteiger partial charge in [-0.05, 0) is 29.0 Å². The van der Waals surface area contributed by atoms with E-state index in [4.69, 9.17) is 0 Å². The summed E-state index contributed by atoms with van der Waals surface area (Å²) in [6.45, 7) is 0. The molecule has 0 bridgehead atoms. The molecular formula is C16H12O2S. The standard InChI is InChI=1S/C16H12O2S/c17-12-8-9-16(14(18)10-12)19-15-7-3-5-11-4-1-2-6-13(11)15/h1-10,17-18H. The molecule has 0 aromatic heterocycles. The molecule has 0 aliphatic heterocycles. The summed E-state index contributed by atoms with van der Waals surface area (Å²) < 4.78 is 0. The third-order valence-electron chi connectivity index (χ3n) is 2.91. The van der Waals surface area contributed by atoms with Crippen LogP contribution in [0.4, 0.5) is 0 Å². The normalized spacial score (nSPS) is 10.7. The maximum atomic E-state index is 9.84. The molecule has 3 rings (SSSR count). The van der Waals surface area contributed by atoms with E-state index in [1.54, 1.807) is 12.1 Å². The molecule has 0 amide bonds. The summed E-state index contributed by atoms with van der Waals surface area (Å²) in [6.07, 6.45) is 0. The van der Waals surface area contributed by atoms with Crippen LogP contribution in [0.3, 0.4) is 0 Å². The maximum absolute atomic E-state index is 9.84. The fourth-order valence-electron chi connectivity index (χ4n) is 2.00. The second-order valence-corrected chi connectivity index (χ2v) is 5.32. The Hall–Kier alpha value is -2.13. The van der Waals surface area contributed by atoms with Crippen molar-refractivity contribution < 1.29 is 10.2 Å². The molecule has 19 heavy (non-hydrogen) atoms. The highest BCUT2D eigenvalue weighted by Crippen LogP contribution is 2.39. The highest BCUT2D eigenvalue weighted by Gasteiger charge is 2.07. The van der Waals surface area contributed by atoms with Crippen LogP contribution in [0.1, 0.15) is 0 Å². The minimum absolute atomic E-state index is 0.0692. The van der Waals surface area contributed by atoms with Gasteiger partial charge < -0.3 is 10.2 Å². The van der Waals surface area contributed by atoms with Crippen LogP contribution in [-0.4, -0.2) is 10.2 Å². The van der Waals surface area contributed by atoms with Crippen LogP contribution in [0.2, 0.25) is 0 Å². The second kappa shape index (κ2) is 4.86. The van der Waals surface area contributed by atoms with Crippen LogP contribution in [-0.2, 0) is 0 Å². The Kier molecular flexibility index (Phi) is 3.05. The third-order valence-corrected chi connectivity index (χ3v) is 4.05. The van der Waals surface area contributed by atoms with Crippen molar-refractivity contribution >= 4 is 22.5 Å². The van der Waals surface area contributed by atoms with E-state index in [9.17, 15) is 10.2 Å². The van der Waals surface area contributed by atoms with Gasteiger partial charge in [-0.25, -0.2) is 0 Å². The zero-order valence-corrected chi connectivity index (χ0v) is 10.9. The molecule has 0 atom stereocenters. The number of aromatic hydroxyl groups is 2. The van der Waals surface area contributed by atoms with E-state index in [0.29, 0.717) is 0 Å². The van der Waals surface area contributed by atoms with Crippen molar-refractivity contribution in [3.63, 3.8) is 0 Å². The summed E-state index contributed by atoms with van der Waals surface area (Å²) in [4.78, 5) is 1.81. The van der Waals surface area contributed by atoms with Gasteiger partial charge in [-0.15, -0.1) is 0 Å². The van der Waals surface area contributed by atoms with Crippen molar-refractivity contribution in [1.29, 1.82) is 0 Å². The van der Waals surface area contributed by atoms with E-state index in [0.717, 1.165) is 15.2 Å². The minimum atomic E-state index is 0.0692. The first-order chi connectivity index (χ1) is 9.24. The zero-order valence-electron chi connectivity index (χ0n) is 10.1. The lowest BCUT2D eigenvalue weighted by Gasteiger charge is -2.08. The quantitative estimate of drug-likeness (QED) is 0.723. The topological polar surface area (TPSA) is 40.5 Å². The monoisotopic (exact) mass is 268 g/mol. The Morgan fingerprint density at radius 3 is 2.37 bits per heavy atom. The molecule has 3 heteroatoms. The van der Waals surface area contributed by atoms with Gasteiger partial charge in [0.1, 0.15) is 11.5 Å². The van der Waals surface area contributed by atoms with Crippen LogP contribution >= 0.6 is 11.8 Å². The van der Waals surface area contributed by atoms with Crippen molar-refractivity contribution in [2.45, 2.75) is 9.79 Å². The van der Waals surface area contributed by atoms with Crippen molar-refractivity contribution in [1.82, 2.24) is 0 Å². The minimum Gasteiger partial charge on any atom is -0.508 e. The Bertz CT molecular complexity index is 732. The zero-order chi connectivity index (χ0) is 13.2. The first-order valence-corrected chi connectivity index (χ1v) is 6.73. The van der Waals surface area contributed by atoms with Gasteiger partial charge in [-0.1, -0.05) is 48.2 Å². The number of hydrogen-bond donors (Lipinski definition) is 2. The molecular weight excluding hydrogens is 256 g/mol. The summed E-state index contributed by atoms with van der Waals surface area (Å²) in [5.74, 6) is 0.165. The van der Waals surface area contributed by atoms with Gasteiger partial charge >= 0.3 is 0 Å².